The molecule has 1 saturated carbocycles. The second-order valence-corrected chi connectivity index (χ2v) is 5.51. The predicted octanol–water partition coefficient (Wildman–Crippen LogP) is 2.64. The van der Waals surface area contributed by atoms with Gasteiger partial charge in [0.2, 0.25) is 0 Å². The molecule has 0 atom stereocenters. The standard InChI is InChI=1S/C15H20N4/c1-11(2)14-5-3-4-6-15(14)19-13(10-17-18-19)9-16-12-7-8-12/h3-6,10-12,16H,7-9H2,1-2H3. The Labute approximate surface area is 113 Å². The summed E-state index contributed by atoms with van der Waals surface area (Å²) in [6.07, 6.45) is 4.45. The third kappa shape index (κ3) is 2.68. The molecule has 0 radical (unpaired) electrons. The molecule has 3 rings (SSSR count). The van der Waals surface area contributed by atoms with Gasteiger partial charge in [-0.3, -0.25) is 0 Å². The van der Waals surface area contributed by atoms with Crippen LogP contribution < -0.4 is 5.32 Å². The molecule has 0 aliphatic heterocycles. The molecule has 1 aromatic heterocycles. The zero-order valence-electron chi connectivity index (χ0n) is 11.5. The van der Waals surface area contributed by atoms with Crippen molar-refractivity contribution >= 4 is 0 Å². The van der Waals surface area contributed by atoms with E-state index in [9.17, 15) is 0 Å². The topological polar surface area (TPSA) is 42.7 Å². The Balaban J connectivity index is 1.90. The van der Waals surface area contributed by atoms with Crippen molar-refractivity contribution in [3.05, 3.63) is 41.7 Å². The highest BCUT2D eigenvalue weighted by Gasteiger charge is 2.21. The molecule has 1 fully saturated rings. The Morgan fingerprint density at radius 2 is 2.11 bits per heavy atom. The van der Waals surface area contributed by atoms with E-state index in [4.69, 9.17) is 0 Å². The zero-order valence-corrected chi connectivity index (χ0v) is 11.5. The van der Waals surface area contributed by atoms with Gasteiger partial charge in [0.05, 0.1) is 17.6 Å². The molecule has 1 N–H and O–H groups in total. The van der Waals surface area contributed by atoms with Gasteiger partial charge < -0.3 is 5.32 Å². The maximum atomic E-state index is 4.25. The van der Waals surface area contributed by atoms with Crippen LogP contribution in [0.25, 0.3) is 5.69 Å². The van der Waals surface area contributed by atoms with Gasteiger partial charge in [-0.05, 0) is 30.4 Å². The molecule has 0 unspecified atom stereocenters. The fourth-order valence-corrected chi connectivity index (χ4v) is 2.28. The van der Waals surface area contributed by atoms with Crippen LogP contribution in [0.5, 0.6) is 0 Å². The van der Waals surface area contributed by atoms with Gasteiger partial charge in [-0.15, -0.1) is 5.10 Å². The van der Waals surface area contributed by atoms with Crippen LogP contribution in [0.15, 0.2) is 30.5 Å². The van der Waals surface area contributed by atoms with Crippen molar-refractivity contribution in [2.24, 2.45) is 0 Å². The average molecular weight is 256 g/mol. The molecule has 0 spiro atoms. The van der Waals surface area contributed by atoms with E-state index in [2.05, 4.69) is 53.7 Å². The van der Waals surface area contributed by atoms with E-state index in [1.165, 1.54) is 18.4 Å². The minimum atomic E-state index is 0.477. The lowest BCUT2D eigenvalue weighted by atomic mass is 10.0. The summed E-state index contributed by atoms with van der Waals surface area (Å²) in [5.41, 5.74) is 3.57. The van der Waals surface area contributed by atoms with Gasteiger partial charge in [-0.25, -0.2) is 4.68 Å². The van der Waals surface area contributed by atoms with Gasteiger partial charge in [0.15, 0.2) is 0 Å². The molecule has 100 valence electrons. The van der Waals surface area contributed by atoms with Crippen LogP contribution in [0.2, 0.25) is 0 Å². The number of aromatic nitrogens is 3. The summed E-state index contributed by atoms with van der Waals surface area (Å²) >= 11 is 0. The lowest BCUT2D eigenvalue weighted by Gasteiger charge is -2.14. The van der Waals surface area contributed by atoms with Crippen molar-refractivity contribution in [1.82, 2.24) is 20.3 Å². The number of rotatable bonds is 5. The summed E-state index contributed by atoms with van der Waals surface area (Å²) in [4.78, 5) is 0. The highest BCUT2D eigenvalue weighted by atomic mass is 15.4. The molecule has 0 saturated heterocycles. The number of benzene rings is 1. The molecule has 0 bridgehead atoms. The lowest BCUT2D eigenvalue weighted by Crippen LogP contribution is -2.18. The Morgan fingerprint density at radius 3 is 2.84 bits per heavy atom. The Kier molecular flexibility index (Phi) is 3.34. The van der Waals surface area contributed by atoms with Gasteiger partial charge in [-0.1, -0.05) is 37.3 Å². The second kappa shape index (κ2) is 5.13. The van der Waals surface area contributed by atoms with Crippen LogP contribution in [0.1, 0.15) is 43.9 Å². The number of nitrogens with one attached hydrogen (secondary N) is 1. The Bertz CT molecular complexity index is 555. The van der Waals surface area contributed by atoms with Crippen molar-refractivity contribution in [3.63, 3.8) is 0 Å². The van der Waals surface area contributed by atoms with Crippen LogP contribution >= 0.6 is 0 Å². The van der Waals surface area contributed by atoms with Gasteiger partial charge in [-0.2, -0.15) is 0 Å². The van der Waals surface area contributed by atoms with E-state index in [0.717, 1.165) is 17.9 Å². The highest BCUT2D eigenvalue weighted by molar-refractivity contribution is 5.42. The molecular formula is C15H20N4. The zero-order chi connectivity index (χ0) is 13.2. The van der Waals surface area contributed by atoms with E-state index in [1.54, 1.807) is 0 Å². The summed E-state index contributed by atoms with van der Waals surface area (Å²) in [6, 6.07) is 9.12. The smallest absolute Gasteiger partial charge is 0.0783 e. The lowest BCUT2D eigenvalue weighted by molar-refractivity contribution is 0.643. The maximum absolute atomic E-state index is 4.25. The summed E-state index contributed by atoms with van der Waals surface area (Å²) in [5.74, 6) is 0.477. The SMILES string of the molecule is CC(C)c1ccccc1-n1nncc1CNC1CC1. The Hall–Kier alpha value is -1.68. The van der Waals surface area contributed by atoms with Crippen molar-refractivity contribution < 1.29 is 0 Å². The molecule has 4 heteroatoms. The van der Waals surface area contributed by atoms with Crippen LogP contribution in [0, 0.1) is 0 Å². The van der Waals surface area contributed by atoms with E-state index >= 15 is 0 Å². The molecule has 1 aliphatic carbocycles. The molecule has 19 heavy (non-hydrogen) atoms. The molecule has 0 amide bonds. The number of para-hydroxylation sites is 1. The normalized spacial score (nSPS) is 15.1. The van der Waals surface area contributed by atoms with Gasteiger partial charge >= 0.3 is 0 Å². The van der Waals surface area contributed by atoms with Crippen molar-refractivity contribution in [2.75, 3.05) is 0 Å². The van der Waals surface area contributed by atoms with Crippen molar-refractivity contribution in [1.29, 1.82) is 0 Å². The predicted molar refractivity (Wildman–Crippen MR) is 75.3 cm³/mol. The first-order chi connectivity index (χ1) is 9.25. The van der Waals surface area contributed by atoms with Crippen molar-refractivity contribution in [3.8, 4) is 5.69 Å². The fourth-order valence-electron chi connectivity index (χ4n) is 2.28. The summed E-state index contributed by atoms with van der Waals surface area (Å²) < 4.78 is 1.96. The van der Waals surface area contributed by atoms with Gasteiger partial charge in [0.25, 0.3) is 0 Å². The van der Waals surface area contributed by atoms with Crippen molar-refractivity contribution in [2.45, 2.75) is 45.2 Å². The van der Waals surface area contributed by atoms with Crippen LogP contribution in [-0.2, 0) is 6.54 Å². The fraction of sp³-hybridized carbons (Fsp3) is 0.467. The highest BCUT2D eigenvalue weighted by Crippen LogP contribution is 2.24. The van der Waals surface area contributed by atoms with Gasteiger partial charge in [0.1, 0.15) is 0 Å². The number of hydrogen-bond donors (Lipinski definition) is 1. The van der Waals surface area contributed by atoms with Crippen LogP contribution in [-0.4, -0.2) is 21.0 Å². The quantitative estimate of drug-likeness (QED) is 0.894. The molecule has 1 heterocycles. The number of nitrogens with zero attached hydrogens (tertiary/aromatic N) is 3. The summed E-state index contributed by atoms with van der Waals surface area (Å²) in [6.45, 7) is 5.25. The first-order valence-electron chi connectivity index (χ1n) is 6.98. The van der Waals surface area contributed by atoms with E-state index in [1.807, 2.05) is 10.9 Å². The monoisotopic (exact) mass is 256 g/mol. The third-order valence-corrected chi connectivity index (χ3v) is 3.56. The summed E-state index contributed by atoms with van der Waals surface area (Å²) in [7, 11) is 0. The van der Waals surface area contributed by atoms with E-state index in [0.29, 0.717) is 12.0 Å². The molecule has 1 aliphatic rings. The molecule has 4 nitrogen and oxygen atoms in total. The van der Waals surface area contributed by atoms with Crippen LogP contribution in [0.3, 0.4) is 0 Å². The van der Waals surface area contributed by atoms with Gasteiger partial charge in [0, 0.05) is 12.6 Å². The molecule has 1 aromatic carbocycles. The van der Waals surface area contributed by atoms with E-state index < -0.39 is 0 Å². The average Bonchev–Trinajstić information content (AvgIpc) is 3.13. The second-order valence-electron chi connectivity index (χ2n) is 5.51. The first-order valence-corrected chi connectivity index (χ1v) is 6.98. The largest absolute Gasteiger partial charge is 0.308 e. The minimum absolute atomic E-state index is 0.477. The Morgan fingerprint density at radius 1 is 1.32 bits per heavy atom. The van der Waals surface area contributed by atoms with E-state index in [-0.39, 0.29) is 0 Å². The minimum Gasteiger partial charge on any atom is -0.308 e. The summed E-state index contributed by atoms with van der Waals surface area (Å²) in [5, 5.41) is 11.8. The maximum Gasteiger partial charge on any atom is 0.0783 e. The first kappa shape index (κ1) is 12.4. The molecule has 2 aromatic rings. The third-order valence-electron chi connectivity index (χ3n) is 3.56. The van der Waals surface area contributed by atoms with Crippen LogP contribution in [0.4, 0.5) is 0 Å². The number of hydrogen-bond acceptors (Lipinski definition) is 3. The molecular weight excluding hydrogens is 236 g/mol.